The van der Waals surface area contributed by atoms with Gasteiger partial charge in [-0.2, -0.15) is 0 Å². The SMILES string of the molecule is CCOC(=O)C1(C)CCC(C)(C(=O)OCC)N1Cc1ccc(OC)cc1. The van der Waals surface area contributed by atoms with Crippen molar-refractivity contribution in [1.82, 2.24) is 4.90 Å². The van der Waals surface area contributed by atoms with Crippen LogP contribution in [-0.2, 0) is 25.6 Å². The number of carbonyl (C=O) groups is 2. The van der Waals surface area contributed by atoms with Crippen LogP contribution in [0.1, 0.15) is 46.1 Å². The molecule has 0 aliphatic carbocycles. The molecule has 26 heavy (non-hydrogen) atoms. The smallest absolute Gasteiger partial charge is 0.326 e. The summed E-state index contributed by atoms with van der Waals surface area (Å²) in [6.07, 6.45) is 1.08. The molecule has 2 atom stereocenters. The summed E-state index contributed by atoms with van der Waals surface area (Å²) in [4.78, 5) is 27.3. The van der Waals surface area contributed by atoms with E-state index in [2.05, 4.69) is 0 Å². The summed E-state index contributed by atoms with van der Waals surface area (Å²) < 4.78 is 15.8. The molecule has 2 rings (SSSR count). The van der Waals surface area contributed by atoms with E-state index in [9.17, 15) is 9.59 Å². The highest BCUT2D eigenvalue weighted by atomic mass is 16.5. The second-order valence-corrected chi connectivity index (χ2v) is 6.92. The highest BCUT2D eigenvalue weighted by Gasteiger charge is 2.58. The normalized spacial score (nSPS) is 25.7. The van der Waals surface area contributed by atoms with Crippen LogP contribution in [0.15, 0.2) is 24.3 Å². The van der Waals surface area contributed by atoms with Crippen LogP contribution in [0.3, 0.4) is 0 Å². The van der Waals surface area contributed by atoms with Crippen molar-refractivity contribution >= 4 is 11.9 Å². The summed E-state index contributed by atoms with van der Waals surface area (Å²) >= 11 is 0. The molecule has 1 aromatic carbocycles. The molecule has 0 radical (unpaired) electrons. The zero-order valence-electron chi connectivity index (χ0n) is 16.3. The fourth-order valence-corrected chi connectivity index (χ4v) is 3.56. The molecule has 0 aromatic heterocycles. The predicted molar refractivity (Wildman–Crippen MR) is 97.8 cm³/mol. The van der Waals surface area contributed by atoms with Gasteiger partial charge in [0.1, 0.15) is 16.8 Å². The molecule has 1 fully saturated rings. The van der Waals surface area contributed by atoms with E-state index in [0.29, 0.717) is 32.6 Å². The lowest BCUT2D eigenvalue weighted by Crippen LogP contribution is -2.58. The van der Waals surface area contributed by atoms with Gasteiger partial charge in [-0.15, -0.1) is 0 Å². The zero-order valence-corrected chi connectivity index (χ0v) is 16.3. The van der Waals surface area contributed by atoms with Gasteiger partial charge in [0.15, 0.2) is 0 Å². The fraction of sp³-hybridized carbons (Fsp3) is 0.600. The van der Waals surface area contributed by atoms with Crippen molar-refractivity contribution in [3.63, 3.8) is 0 Å². The van der Waals surface area contributed by atoms with Crippen molar-refractivity contribution in [3.05, 3.63) is 29.8 Å². The first-order chi connectivity index (χ1) is 12.3. The van der Waals surface area contributed by atoms with Crippen molar-refractivity contribution < 1.29 is 23.8 Å². The third-order valence-electron chi connectivity index (χ3n) is 5.22. The molecular formula is C20H29NO5. The highest BCUT2D eigenvalue weighted by molar-refractivity contribution is 5.86. The van der Waals surface area contributed by atoms with Crippen LogP contribution >= 0.6 is 0 Å². The third kappa shape index (κ3) is 3.70. The van der Waals surface area contributed by atoms with Gasteiger partial charge in [0.25, 0.3) is 0 Å². The average molecular weight is 363 g/mol. The number of esters is 2. The molecule has 144 valence electrons. The van der Waals surface area contributed by atoms with Gasteiger partial charge in [-0.1, -0.05) is 12.1 Å². The van der Waals surface area contributed by atoms with E-state index in [-0.39, 0.29) is 11.9 Å². The third-order valence-corrected chi connectivity index (χ3v) is 5.22. The van der Waals surface area contributed by atoms with Crippen LogP contribution in [0.4, 0.5) is 0 Å². The second-order valence-electron chi connectivity index (χ2n) is 6.92. The first-order valence-electron chi connectivity index (χ1n) is 9.07. The summed E-state index contributed by atoms with van der Waals surface area (Å²) in [5.41, 5.74) is -0.770. The van der Waals surface area contributed by atoms with E-state index in [0.717, 1.165) is 11.3 Å². The minimum Gasteiger partial charge on any atom is -0.497 e. The zero-order chi connectivity index (χ0) is 19.4. The van der Waals surface area contributed by atoms with Crippen LogP contribution in [-0.4, -0.2) is 48.2 Å². The molecule has 0 saturated carbocycles. The van der Waals surface area contributed by atoms with E-state index >= 15 is 0 Å². The molecule has 1 saturated heterocycles. The molecule has 0 bridgehead atoms. The van der Waals surface area contributed by atoms with Gasteiger partial charge < -0.3 is 14.2 Å². The monoisotopic (exact) mass is 363 g/mol. The number of methoxy groups -OCH3 is 1. The van der Waals surface area contributed by atoms with Crippen LogP contribution in [0.2, 0.25) is 0 Å². The van der Waals surface area contributed by atoms with E-state index in [1.165, 1.54) is 0 Å². The lowest BCUT2D eigenvalue weighted by atomic mass is 9.98. The van der Waals surface area contributed by atoms with Crippen LogP contribution in [0.25, 0.3) is 0 Å². The van der Waals surface area contributed by atoms with Gasteiger partial charge in [0.2, 0.25) is 0 Å². The maximum absolute atomic E-state index is 12.7. The molecule has 1 aromatic rings. The number of nitrogens with zero attached hydrogens (tertiary/aromatic N) is 1. The summed E-state index contributed by atoms with van der Waals surface area (Å²) in [6.45, 7) is 8.32. The standard InChI is InChI=1S/C20H29NO5/c1-6-25-17(22)19(3)12-13-20(4,18(23)26-7-2)21(19)14-15-8-10-16(24-5)11-9-15/h8-11H,6-7,12-14H2,1-5H3. The Labute approximate surface area is 155 Å². The van der Waals surface area contributed by atoms with E-state index in [4.69, 9.17) is 14.2 Å². The Morgan fingerprint density at radius 2 is 1.42 bits per heavy atom. The molecule has 1 aliphatic heterocycles. The lowest BCUT2D eigenvalue weighted by Gasteiger charge is -2.40. The number of carbonyl (C=O) groups excluding carboxylic acids is 2. The van der Waals surface area contributed by atoms with Crippen molar-refractivity contribution in [3.8, 4) is 5.75 Å². The lowest BCUT2D eigenvalue weighted by molar-refractivity contribution is -0.166. The maximum Gasteiger partial charge on any atom is 0.326 e. The summed E-state index contributed by atoms with van der Waals surface area (Å²) in [5, 5.41) is 0. The quantitative estimate of drug-likeness (QED) is 0.694. The summed E-state index contributed by atoms with van der Waals surface area (Å²) in [5.74, 6) is 0.152. The first-order valence-corrected chi connectivity index (χ1v) is 9.07. The molecular weight excluding hydrogens is 334 g/mol. The number of ether oxygens (including phenoxy) is 3. The molecule has 0 spiro atoms. The van der Waals surface area contributed by atoms with Gasteiger partial charge >= 0.3 is 11.9 Å². The van der Waals surface area contributed by atoms with Crippen molar-refractivity contribution in [2.45, 2.75) is 58.2 Å². The van der Waals surface area contributed by atoms with Crippen molar-refractivity contribution in [2.75, 3.05) is 20.3 Å². The van der Waals surface area contributed by atoms with Gasteiger partial charge in [-0.05, 0) is 58.2 Å². The van der Waals surface area contributed by atoms with Crippen LogP contribution in [0.5, 0.6) is 5.75 Å². The summed E-state index contributed by atoms with van der Waals surface area (Å²) in [7, 11) is 1.62. The minimum atomic E-state index is -0.878. The van der Waals surface area contributed by atoms with Gasteiger partial charge in [0.05, 0.1) is 20.3 Å². The Bertz CT molecular complexity index is 612. The molecule has 1 aliphatic rings. The molecule has 1 heterocycles. The van der Waals surface area contributed by atoms with Crippen molar-refractivity contribution in [1.29, 1.82) is 0 Å². The molecule has 6 heteroatoms. The van der Waals surface area contributed by atoms with Crippen LogP contribution < -0.4 is 4.74 Å². The first kappa shape index (κ1) is 20.2. The number of rotatable bonds is 7. The average Bonchev–Trinajstić information content (AvgIpc) is 2.90. The Morgan fingerprint density at radius 1 is 0.962 bits per heavy atom. The highest BCUT2D eigenvalue weighted by Crippen LogP contribution is 2.43. The van der Waals surface area contributed by atoms with Gasteiger partial charge in [0, 0.05) is 6.54 Å². The molecule has 0 N–H and O–H groups in total. The number of hydrogen-bond donors (Lipinski definition) is 0. The van der Waals surface area contributed by atoms with Crippen LogP contribution in [0, 0.1) is 0 Å². The molecule has 2 unspecified atom stereocenters. The van der Waals surface area contributed by atoms with E-state index in [1.54, 1.807) is 21.0 Å². The largest absolute Gasteiger partial charge is 0.497 e. The summed E-state index contributed by atoms with van der Waals surface area (Å²) in [6, 6.07) is 7.62. The van der Waals surface area contributed by atoms with Crippen molar-refractivity contribution in [2.24, 2.45) is 0 Å². The number of likely N-dealkylation sites (tertiary alicyclic amines) is 1. The van der Waals surface area contributed by atoms with Gasteiger partial charge in [-0.25, -0.2) is 0 Å². The van der Waals surface area contributed by atoms with E-state index < -0.39 is 11.1 Å². The number of hydrogen-bond acceptors (Lipinski definition) is 6. The Hall–Kier alpha value is -2.08. The van der Waals surface area contributed by atoms with Gasteiger partial charge in [-0.3, -0.25) is 14.5 Å². The number of benzene rings is 1. The Balaban J connectivity index is 2.38. The van der Waals surface area contributed by atoms with E-state index in [1.807, 2.05) is 43.0 Å². The molecule has 0 amide bonds. The molecule has 6 nitrogen and oxygen atoms in total. The topological polar surface area (TPSA) is 65.1 Å². The second kappa shape index (κ2) is 8.08. The minimum absolute atomic E-state index is 0.304. The predicted octanol–water partition coefficient (Wildman–Crippen LogP) is 2.93. The maximum atomic E-state index is 12.7. The Kier molecular flexibility index (Phi) is 6.29. The Morgan fingerprint density at radius 3 is 1.81 bits per heavy atom. The fourth-order valence-electron chi connectivity index (χ4n) is 3.56.